The van der Waals surface area contributed by atoms with Gasteiger partial charge < -0.3 is 14.4 Å². The molecule has 0 bridgehead atoms. The molecule has 0 aliphatic heterocycles. The SMILES string of the molecule is COC(=O)CN(CC(=O)OC)c1cc([N+](=O)[O-])ccn1. The molecule has 0 saturated heterocycles. The van der Waals surface area contributed by atoms with Crippen LogP contribution in [0.5, 0.6) is 0 Å². The second kappa shape index (κ2) is 7.02. The number of aromatic nitrogens is 1. The molecule has 0 radical (unpaired) electrons. The lowest BCUT2D eigenvalue weighted by Crippen LogP contribution is -2.36. The van der Waals surface area contributed by atoms with Crippen LogP contribution < -0.4 is 4.90 Å². The first-order valence-corrected chi connectivity index (χ1v) is 5.47. The number of anilines is 1. The number of methoxy groups -OCH3 is 2. The van der Waals surface area contributed by atoms with E-state index in [0.717, 1.165) is 6.07 Å². The lowest BCUT2D eigenvalue weighted by molar-refractivity contribution is -0.384. The van der Waals surface area contributed by atoms with E-state index in [-0.39, 0.29) is 24.6 Å². The average molecular weight is 283 g/mol. The molecule has 1 heterocycles. The highest BCUT2D eigenvalue weighted by Gasteiger charge is 2.19. The Kier molecular flexibility index (Phi) is 5.39. The quantitative estimate of drug-likeness (QED) is 0.411. The predicted molar refractivity (Wildman–Crippen MR) is 67.1 cm³/mol. The third-order valence-electron chi connectivity index (χ3n) is 2.36. The topological polar surface area (TPSA) is 112 Å². The highest BCUT2D eigenvalue weighted by molar-refractivity contribution is 5.80. The molecule has 0 saturated carbocycles. The third kappa shape index (κ3) is 4.19. The van der Waals surface area contributed by atoms with Gasteiger partial charge in [-0.25, -0.2) is 4.98 Å². The van der Waals surface area contributed by atoms with Crippen molar-refractivity contribution < 1.29 is 24.0 Å². The summed E-state index contributed by atoms with van der Waals surface area (Å²) in [6.45, 7) is -0.556. The fourth-order valence-corrected chi connectivity index (χ4v) is 1.35. The number of ether oxygens (including phenoxy) is 2. The number of nitro groups is 1. The van der Waals surface area contributed by atoms with Gasteiger partial charge in [0.05, 0.1) is 25.2 Å². The molecule has 0 aromatic carbocycles. The van der Waals surface area contributed by atoms with Gasteiger partial charge in [-0.3, -0.25) is 19.7 Å². The van der Waals surface area contributed by atoms with Crippen molar-refractivity contribution in [3.05, 3.63) is 28.4 Å². The van der Waals surface area contributed by atoms with Gasteiger partial charge in [-0.15, -0.1) is 0 Å². The molecule has 0 N–H and O–H groups in total. The number of carbonyl (C=O) groups excluding carboxylic acids is 2. The van der Waals surface area contributed by atoms with Gasteiger partial charge in [0.15, 0.2) is 0 Å². The van der Waals surface area contributed by atoms with E-state index in [1.807, 2.05) is 0 Å². The average Bonchev–Trinajstić information content (AvgIpc) is 2.46. The van der Waals surface area contributed by atoms with Crippen LogP contribution in [0.4, 0.5) is 11.5 Å². The van der Waals surface area contributed by atoms with E-state index >= 15 is 0 Å². The second-order valence-electron chi connectivity index (χ2n) is 3.64. The number of carbonyl (C=O) groups is 2. The molecule has 9 nitrogen and oxygen atoms in total. The Morgan fingerprint density at radius 1 is 1.30 bits per heavy atom. The number of hydrogen-bond donors (Lipinski definition) is 0. The van der Waals surface area contributed by atoms with Gasteiger partial charge in [-0.1, -0.05) is 0 Å². The summed E-state index contributed by atoms with van der Waals surface area (Å²) >= 11 is 0. The summed E-state index contributed by atoms with van der Waals surface area (Å²) in [4.78, 5) is 37.9. The second-order valence-corrected chi connectivity index (χ2v) is 3.64. The maximum atomic E-state index is 11.3. The summed E-state index contributed by atoms with van der Waals surface area (Å²) in [7, 11) is 2.39. The standard InChI is InChI=1S/C11H13N3O6/c1-19-10(15)6-13(7-11(16)20-2)9-5-8(14(17)18)3-4-12-9/h3-5H,6-7H2,1-2H3. The molecule has 1 rings (SSSR count). The van der Waals surface area contributed by atoms with Gasteiger partial charge in [0.25, 0.3) is 5.69 Å². The Labute approximate surface area is 114 Å². The Morgan fingerprint density at radius 2 is 1.85 bits per heavy atom. The summed E-state index contributed by atoms with van der Waals surface area (Å²) in [6.07, 6.45) is 1.22. The summed E-state index contributed by atoms with van der Waals surface area (Å²) in [5.74, 6) is -1.11. The van der Waals surface area contributed by atoms with Crippen LogP contribution in [-0.4, -0.2) is 49.2 Å². The summed E-state index contributed by atoms with van der Waals surface area (Å²) in [6, 6.07) is 2.36. The first kappa shape index (κ1) is 15.3. The van der Waals surface area contributed by atoms with Crippen LogP contribution >= 0.6 is 0 Å². The first-order chi connectivity index (χ1) is 9.47. The van der Waals surface area contributed by atoms with Crippen LogP contribution in [0.2, 0.25) is 0 Å². The number of hydrogen-bond acceptors (Lipinski definition) is 8. The number of esters is 2. The fraction of sp³-hybridized carbons (Fsp3) is 0.364. The summed E-state index contributed by atoms with van der Waals surface area (Å²) in [5, 5.41) is 10.7. The van der Waals surface area contributed by atoms with Crippen molar-refractivity contribution in [2.45, 2.75) is 0 Å². The Hall–Kier alpha value is -2.71. The minimum absolute atomic E-state index is 0.106. The largest absolute Gasteiger partial charge is 0.468 e. The van der Waals surface area contributed by atoms with Crippen molar-refractivity contribution in [1.82, 2.24) is 4.98 Å². The Bertz CT molecular complexity index is 501. The molecular formula is C11H13N3O6. The van der Waals surface area contributed by atoms with Gasteiger partial charge in [0.1, 0.15) is 18.9 Å². The van der Waals surface area contributed by atoms with Crippen molar-refractivity contribution in [3.8, 4) is 0 Å². The van der Waals surface area contributed by atoms with E-state index in [0.29, 0.717) is 0 Å². The summed E-state index contributed by atoms with van der Waals surface area (Å²) < 4.78 is 9.00. The van der Waals surface area contributed by atoms with Crippen LogP contribution in [0, 0.1) is 10.1 Å². The minimum Gasteiger partial charge on any atom is -0.468 e. The third-order valence-corrected chi connectivity index (χ3v) is 2.36. The lowest BCUT2D eigenvalue weighted by atomic mass is 10.3. The molecule has 0 unspecified atom stereocenters. The zero-order chi connectivity index (χ0) is 15.1. The minimum atomic E-state index is -0.609. The summed E-state index contributed by atoms with van der Waals surface area (Å²) in [5.41, 5.74) is -0.199. The van der Waals surface area contributed by atoms with Crippen molar-refractivity contribution in [3.63, 3.8) is 0 Å². The molecule has 0 spiro atoms. The van der Waals surface area contributed by atoms with E-state index < -0.39 is 16.9 Å². The maximum Gasteiger partial charge on any atom is 0.325 e. The van der Waals surface area contributed by atoms with Crippen molar-refractivity contribution in [2.75, 3.05) is 32.2 Å². The predicted octanol–water partition coefficient (Wildman–Crippen LogP) is 0.142. The van der Waals surface area contributed by atoms with Crippen LogP contribution in [0.1, 0.15) is 0 Å². The monoisotopic (exact) mass is 283 g/mol. The van der Waals surface area contributed by atoms with Crippen LogP contribution in [0.3, 0.4) is 0 Å². The molecule has 108 valence electrons. The zero-order valence-electron chi connectivity index (χ0n) is 10.9. The van der Waals surface area contributed by atoms with Crippen LogP contribution in [0.15, 0.2) is 18.3 Å². The lowest BCUT2D eigenvalue weighted by Gasteiger charge is -2.20. The Morgan fingerprint density at radius 3 is 2.30 bits per heavy atom. The van der Waals surface area contributed by atoms with Gasteiger partial charge >= 0.3 is 11.9 Å². The molecule has 0 aliphatic rings. The Balaban J connectivity index is 3.02. The number of nitrogens with zero attached hydrogens (tertiary/aromatic N) is 3. The number of pyridine rings is 1. The molecule has 0 fully saturated rings. The molecule has 0 amide bonds. The van der Waals surface area contributed by atoms with Gasteiger partial charge in [-0.2, -0.15) is 0 Å². The fourth-order valence-electron chi connectivity index (χ4n) is 1.35. The molecule has 9 heteroatoms. The smallest absolute Gasteiger partial charge is 0.325 e. The molecular weight excluding hydrogens is 270 g/mol. The highest BCUT2D eigenvalue weighted by Crippen LogP contribution is 2.18. The van der Waals surface area contributed by atoms with Crippen molar-refractivity contribution in [1.29, 1.82) is 0 Å². The molecule has 1 aromatic heterocycles. The van der Waals surface area contributed by atoms with Crippen LogP contribution in [0.25, 0.3) is 0 Å². The van der Waals surface area contributed by atoms with E-state index in [4.69, 9.17) is 0 Å². The zero-order valence-corrected chi connectivity index (χ0v) is 10.9. The van der Waals surface area contributed by atoms with Crippen LogP contribution in [-0.2, 0) is 19.1 Å². The van der Waals surface area contributed by atoms with E-state index in [1.54, 1.807) is 0 Å². The van der Waals surface area contributed by atoms with E-state index in [2.05, 4.69) is 14.5 Å². The van der Waals surface area contributed by atoms with Crippen molar-refractivity contribution in [2.24, 2.45) is 0 Å². The number of rotatable bonds is 6. The highest BCUT2D eigenvalue weighted by atomic mass is 16.6. The van der Waals surface area contributed by atoms with E-state index in [9.17, 15) is 19.7 Å². The molecule has 1 aromatic rings. The normalized spacial score (nSPS) is 9.70. The van der Waals surface area contributed by atoms with Gasteiger partial charge in [0, 0.05) is 12.3 Å². The van der Waals surface area contributed by atoms with Crippen molar-refractivity contribution >= 4 is 23.4 Å². The maximum absolute atomic E-state index is 11.3. The van der Waals surface area contributed by atoms with E-state index in [1.165, 1.54) is 31.4 Å². The molecule has 20 heavy (non-hydrogen) atoms. The molecule has 0 atom stereocenters. The molecule has 0 aliphatic carbocycles. The van der Waals surface area contributed by atoms with Gasteiger partial charge in [0.2, 0.25) is 0 Å². The van der Waals surface area contributed by atoms with Gasteiger partial charge in [-0.05, 0) is 0 Å². The first-order valence-electron chi connectivity index (χ1n) is 5.47.